The van der Waals surface area contributed by atoms with Gasteiger partial charge in [0.2, 0.25) is 0 Å². The lowest BCUT2D eigenvalue weighted by molar-refractivity contribution is 0.622. The summed E-state index contributed by atoms with van der Waals surface area (Å²) in [5.74, 6) is 0.745. The van der Waals surface area contributed by atoms with Crippen LogP contribution >= 0.6 is 0 Å². The Morgan fingerprint density at radius 1 is 0.810 bits per heavy atom. The summed E-state index contributed by atoms with van der Waals surface area (Å²) < 4.78 is 0. The highest BCUT2D eigenvalue weighted by atomic mass is 28.3. The van der Waals surface area contributed by atoms with Crippen LogP contribution in [0.3, 0.4) is 0 Å². The molecule has 0 N–H and O–H groups in total. The van der Waals surface area contributed by atoms with Crippen LogP contribution in [-0.4, -0.2) is 8.07 Å². The van der Waals surface area contributed by atoms with E-state index in [2.05, 4.69) is 78.8 Å². The summed E-state index contributed by atoms with van der Waals surface area (Å²) in [5, 5.41) is 0. The molecule has 0 fully saturated rings. The molecule has 1 atom stereocenters. The van der Waals surface area contributed by atoms with Gasteiger partial charge in [-0.1, -0.05) is 101 Å². The highest BCUT2D eigenvalue weighted by Gasteiger charge is 2.42. The molecule has 0 bridgehead atoms. The van der Waals surface area contributed by atoms with Crippen LogP contribution in [0.1, 0.15) is 72.8 Å². The summed E-state index contributed by atoms with van der Waals surface area (Å²) in [7, 11) is -1.24. The Morgan fingerprint density at radius 2 is 1.29 bits per heavy atom. The molecule has 0 amide bonds. The first kappa shape index (κ1) is 18.5. The number of rotatable bonds is 8. The van der Waals surface area contributed by atoms with Gasteiger partial charge in [-0.3, -0.25) is 0 Å². The Morgan fingerprint density at radius 3 is 1.67 bits per heavy atom. The highest BCUT2D eigenvalue weighted by Crippen LogP contribution is 2.46. The Hall–Kier alpha value is -0.563. The van der Waals surface area contributed by atoms with Crippen molar-refractivity contribution in [3.63, 3.8) is 0 Å². The first-order chi connectivity index (χ1) is 9.86. The van der Waals surface area contributed by atoms with Gasteiger partial charge in [0.1, 0.15) is 0 Å². The quantitative estimate of drug-likeness (QED) is 0.444. The fraction of sp³-hybridized carbons (Fsp3) is 0.700. The molecule has 120 valence electrons. The Bertz CT molecular complexity index is 370. The van der Waals surface area contributed by atoms with Gasteiger partial charge in [-0.2, -0.15) is 0 Å². The van der Waals surface area contributed by atoms with Crippen LogP contribution in [0, 0.1) is 0 Å². The van der Waals surface area contributed by atoms with Crippen molar-refractivity contribution in [1.29, 1.82) is 0 Å². The minimum Gasteiger partial charge on any atom is -0.0651 e. The zero-order chi connectivity index (χ0) is 16.0. The van der Waals surface area contributed by atoms with E-state index in [1.807, 2.05) is 0 Å². The van der Waals surface area contributed by atoms with Gasteiger partial charge in [-0.05, 0) is 24.3 Å². The van der Waals surface area contributed by atoms with Gasteiger partial charge in [0.05, 0.1) is 8.07 Å². The van der Waals surface area contributed by atoms with Crippen LogP contribution in [-0.2, 0) is 0 Å². The van der Waals surface area contributed by atoms with Gasteiger partial charge in [0.25, 0.3) is 0 Å². The fourth-order valence-corrected chi connectivity index (χ4v) is 11.2. The molecular formula is C20H36Si. The van der Waals surface area contributed by atoms with Gasteiger partial charge in [0, 0.05) is 0 Å². The van der Waals surface area contributed by atoms with Crippen LogP contribution in [0.25, 0.3) is 0 Å². The predicted octanol–water partition coefficient (Wildman–Crippen LogP) is 7.25. The minimum absolute atomic E-state index is 0.745. The lowest BCUT2D eigenvalue weighted by Gasteiger charge is -2.44. The average molecular weight is 305 g/mol. The molecule has 1 aromatic rings. The molecule has 0 aliphatic carbocycles. The van der Waals surface area contributed by atoms with Crippen LogP contribution in [0.15, 0.2) is 30.3 Å². The third-order valence-corrected chi connectivity index (χ3v) is 13.5. The van der Waals surface area contributed by atoms with Crippen LogP contribution in [0.4, 0.5) is 0 Å². The van der Waals surface area contributed by atoms with E-state index in [9.17, 15) is 0 Å². The normalized spacial score (nSPS) is 14.2. The summed E-state index contributed by atoms with van der Waals surface area (Å²) in [5.41, 5.74) is 4.18. The molecule has 0 spiro atoms. The Labute approximate surface area is 134 Å². The van der Waals surface area contributed by atoms with Crippen LogP contribution in [0.5, 0.6) is 0 Å². The highest BCUT2D eigenvalue weighted by molar-refractivity contribution is 6.83. The SMILES string of the molecule is CCC(CC[Si](C(C)C)(C(C)C)C(C)C)c1ccccc1. The Kier molecular flexibility index (Phi) is 7.19. The largest absolute Gasteiger partial charge is 0.0651 e. The third kappa shape index (κ3) is 4.22. The van der Waals surface area contributed by atoms with Crippen LogP contribution < -0.4 is 0 Å². The molecule has 21 heavy (non-hydrogen) atoms. The molecule has 0 saturated heterocycles. The zero-order valence-corrected chi connectivity index (χ0v) is 16.3. The van der Waals surface area contributed by atoms with E-state index in [-0.39, 0.29) is 0 Å². The van der Waals surface area contributed by atoms with Crippen molar-refractivity contribution in [2.75, 3.05) is 0 Å². The maximum atomic E-state index is 2.48. The molecule has 1 unspecified atom stereocenters. The first-order valence-electron chi connectivity index (χ1n) is 8.91. The maximum Gasteiger partial charge on any atom is 0.0613 e. The molecule has 0 aliphatic rings. The van der Waals surface area contributed by atoms with Gasteiger partial charge < -0.3 is 0 Å². The second-order valence-corrected chi connectivity index (χ2v) is 13.8. The van der Waals surface area contributed by atoms with Crippen molar-refractivity contribution >= 4 is 8.07 Å². The summed E-state index contributed by atoms with van der Waals surface area (Å²) in [6.45, 7) is 17.2. The second-order valence-electron chi connectivity index (χ2n) is 7.63. The molecule has 0 nitrogen and oxygen atoms in total. The van der Waals surface area contributed by atoms with Crippen molar-refractivity contribution < 1.29 is 0 Å². The molecule has 0 aliphatic heterocycles. The van der Waals surface area contributed by atoms with Gasteiger partial charge >= 0.3 is 0 Å². The second kappa shape index (κ2) is 8.17. The first-order valence-corrected chi connectivity index (χ1v) is 11.3. The van der Waals surface area contributed by atoms with E-state index < -0.39 is 8.07 Å². The topological polar surface area (TPSA) is 0 Å². The third-order valence-electron chi connectivity index (χ3n) is 5.91. The Balaban J connectivity index is 2.90. The predicted molar refractivity (Wildman–Crippen MR) is 99.9 cm³/mol. The molecule has 0 heterocycles. The van der Waals surface area contributed by atoms with Crippen molar-refractivity contribution in [3.8, 4) is 0 Å². The number of benzene rings is 1. The van der Waals surface area contributed by atoms with E-state index in [0.29, 0.717) is 0 Å². The lowest BCUT2D eigenvalue weighted by atomic mass is 9.94. The lowest BCUT2D eigenvalue weighted by Crippen LogP contribution is -2.44. The smallest absolute Gasteiger partial charge is 0.0613 e. The van der Waals surface area contributed by atoms with E-state index >= 15 is 0 Å². The van der Waals surface area contributed by atoms with E-state index in [1.165, 1.54) is 18.9 Å². The van der Waals surface area contributed by atoms with Gasteiger partial charge in [0.15, 0.2) is 0 Å². The molecule has 1 aromatic carbocycles. The average Bonchev–Trinajstić information content (AvgIpc) is 2.43. The van der Waals surface area contributed by atoms with Crippen molar-refractivity contribution in [2.45, 2.75) is 89.9 Å². The summed E-state index contributed by atoms with van der Waals surface area (Å²) in [6.07, 6.45) is 2.64. The summed E-state index contributed by atoms with van der Waals surface area (Å²) >= 11 is 0. The van der Waals surface area contributed by atoms with E-state index in [4.69, 9.17) is 0 Å². The molecule has 1 heteroatoms. The fourth-order valence-electron chi connectivity index (χ4n) is 4.62. The van der Waals surface area contributed by atoms with Crippen molar-refractivity contribution in [1.82, 2.24) is 0 Å². The molecular weight excluding hydrogens is 268 g/mol. The summed E-state index contributed by atoms with van der Waals surface area (Å²) in [6, 6.07) is 12.6. The maximum absolute atomic E-state index is 2.48. The van der Waals surface area contributed by atoms with E-state index in [0.717, 1.165) is 22.5 Å². The summed E-state index contributed by atoms with van der Waals surface area (Å²) in [4.78, 5) is 0. The van der Waals surface area contributed by atoms with Crippen molar-refractivity contribution in [2.24, 2.45) is 0 Å². The minimum atomic E-state index is -1.24. The number of hydrogen-bond donors (Lipinski definition) is 0. The van der Waals surface area contributed by atoms with Crippen molar-refractivity contribution in [3.05, 3.63) is 35.9 Å². The molecule has 0 aromatic heterocycles. The molecule has 0 radical (unpaired) electrons. The van der Waals surface area contributed by atoms with Crippen LogP contribution in [0.2, 0.25) is 22.7 Å². The molecule has 1 rings (SSSR count). The van der Waals surface area contributed by atoms with Gasteiger partial charge in [-0.15, -0.1) is 0 Å². The van der Waals surface area contributed by atoms with Gasteiger partial charge in [-0.25, -0.2) is 0 Å². The monoisotopic (exact) mass is 304 g/mol. The molecule has 0 saturated carbocycles. The number of hydrogen-bond acceptors (Lipinski definition) is 0. The zero-order valence-electron chi connectivity index (χ0n) is 15.3. The van der Waals surface area contributed by atoms with E-state index in [1.54, 1.807) is 5.56 Å². The standard InChI is InChI=1S/C20H36Si/c1-8-19(20-12-10-9-11-13-20)14-15-21(16(2)3,17(4)5)18(6)7/h9-13,16-19H,8,14-15H2,1-7H3.